The number of carboxylic acids is 1. The van der Waals surface area contributed by atoms with E-state index in [2.05, 4.69) is 5.32 Å². The Morgan fingerprint density at radius 2 is 1.68 bits per heavy atom. The van der Waals surface area contributed by atoms with Gasteiger partial charge in [0.05, 0.1) is 0 Å². The number of rotatable bonds is 4. The van der Waals surface area contributed by atoms with E-state index in [9.17, 15) is 14.4 Å². The monoisotopic (exact) mass is 261 g/mol. The molecule has 0 saturated carbocycles. The zero-order valence-corrected chi connectivity index (χ0v) is 11.0. The van der Waals surface area contributed by atoms with Crippen LogP contribution in [0, 0.1) is 0 Å². The molecule has 0 aromatic heterocycles. The summed E-state index contributed by atoms with van der Waals surface area (Å²) in [4.78, 5) is 33.8. The molecule has 0 radical (unpaired) electrons. The smallest absolute Gasteiger partial charge is 0.331 e. The Hall–Kier alpha value is -2.43. The van der Waals surface area contributed by atoms with Crippen LogP contribution in [-0.4, -0.2) is 22.8 Å². The lowest BCUT2D eigenvalue weighted by molar-refractivity contribution is -0.133. The van der Waals surface area contributed by atoms with Crippen molar-refractivity contribution in [2.24, 2.45) is 0 Å². The summed E-state index contributed by atoms with van der Waals surface area (Å²) in [5.74, 6) is -1.74. The van der Waals surface area contributed by atoms with Crippen LogP contribution in [0.4, 0.5) is 5.69 Å². The number of Topliss-reactive ketones (excluding diaryl/α,β-unsaturated/α-hetero) is 1. The molecule has 0 heterocycles. The first-order chi connectivity index (χ1) is 8.82. The number of benzene rings is 1. The number of anilines is 1. The fraction of sp³-hybridized carbons (Fsp3) is 0.214. The highest BCUT2D eigenvalue weighted by atomic mass is 16.4. The summed E-state index contributed by atoms with van der Waals surface area (Å²) >= 11 is 0. The van der Waals surface area contributed by atoms with Crippen molar-refractivity contribution in [1.29, 1.82) is 0 Å². The van der Waals surface area contributed by atoms with Gasteiger partial charge in [-0.1, -0.05) is 12.1 Å². The van der Waals surface area contributed by atoms with Crippen LogP contribution in [0.25, 0.3) is 0 Å². The van der Waals surface area contributed by atoms with Crippen LogP contribution < -0.4 is 5.32 Å². The third kappa shape index (κ3) is 3.77. The number of hydrogen-bond donors (Lipinski definition) is 2. The van der Waals surface area contributed by atoms with Crippen LogP contribution in [0.1, 0.15) is 31.1 Å². The minimum absolute atomic E-state index is 0.0137. The fourth-order valence-electron chi connectivity index (χ4n) is 1.37. The first kappa shape index (κ1) is 14.6. The Morgan fingerprint density at radius 1 is 1.05 bits per heavy atom. The SMILES string of the molecule is CC(=O)c1cccc(NC(=O)/C(C)=C(/C)C(=O)O)c1. The second-order valence-electron chi connectivity index (χ2n) is 4.15. The van der Waals surface area contributed by atoms with Gasteiger partial charge in [-0.2, -0.15) is 0 Å². The summed E-state index contributed by atoms with van der Waals surface area (Å²) in [5.41, 5.74) is 1.05. The van der Waals surface area contributed by atoms with Gasteiger partial charge < -0.3 is 10.4 Å². The average molecular weight is 261 g/mol. The van der Waals surface area contributed by atoms with E-state index in [-0.39, 0.29) is 16.9 Å². The van der Waals surface area contributed by atoms with Gasteiger partial charge in [-0.3, -0.25) is 9.59 Å². The van der Waals surface area contributed by atoms with Crippen LogP contribution in [-0.2, 0) is 9.59 Å². The summed E-state index contributed by atoms with van der Waals surface area (Å²) in [6.45, 7) is 4.23. The zero-order valence-electron chi connectivity index (χ0n) is 11.0. The third-order valence-electron chi connectivity index (χ3n) is 2.75. The molecule has 0 aliphatic rings. The predicted molar refractivity (Wildman–Crippen MR) is 71.1 cm³/mol. The summed E-state index contributed by atoms with van der Waals surface area (Å²) in [6.07, 6.45) is 0. The van der Waals surface area contributed by atoms with Crippen molar-refractivity contribution in [2.75, 3.05) is 5.32 Å². The predicted octanol–water partition coefficient (Wildman–Crippen LogP) is 2.25. The van der Waals surface area contributed by atoms with Crippen molar-refractivity contribution < 1.29 is 19.5 Å². The number of hydrogen-bond acceptors (Lipinski definition) is 3. The van der Waals surface area contributed by atoms with Crippen molar-refractivity contribution in [1.82, 2.24) is 0 Å². The molecule has 0 spiro atoms. The van der Waals surface area contributed by atoms with E-state index < -0.39 is 11.9 Å². The van der Waals surface area contributed by atoms with Crippen LogP contribution in [0.3, 0.4) is 0 Å². The molecule has 0 atom stereocenters. The Labute approximate surface area is 110 Å². The van der Waals surface area contributed by atoms with Crippen molar-refractivity contribution in [3.8, 4) is 0 Å². The lowest BCUT2D eigenvalue weighted by Gasteiger charge is -2.07. The molecular weight excluding hydrogens is 246 g/mol. The van der Waals surface area contributed by atoms with Crippen molar-refractivity contribution in [2.45, 2.75) is 20.8 Å². The van der Waals surface area contributed by atoms with Gasteiger partial charge in [0.1, 0.15) is 0 Å². The molecule has 1 amide bonds. The second kappa shape index (κ2) is 5.95. The van der Waals surface area contributed by atoms with Crippen LogP contribution in [0.15, 0.2) is 35.4 Å². The molecule has 5 heteroatoms. The molecule has 0 aliphatic heterocycles. The lowest BCUT2D eigenvalue weighted by atomic mass is 10.1. The van der Waals surface area contributed by atoms with Crippen LogP contribution in [0.5, 0.6) is 0 Å². The molecule has 0 aliphatic carbocycles. The van der Waals surface area contributed by atoms with Gasteiger partial charge in [-0.05, 0) is 32.9 Å². The molecule has 2 N–H and O–H groups in total. The highest BCUT2D eigenvalue weighted by Gasteiger charge is 2.13. The molecule has 0 fully saturated rings. The second-order valence-corrected chi connectivity index (χ2v) is 4.15. The quantitative estimate of drug-likeness (QED) is 0.643. The van der Waals surface area contributed by atoms with Gasteiger partial charge in [0.2, 0.25) is 0 Å². The highest BCUT2D eigenvalue weighted by molar-refractivity contribution is 6.08. The maximum absolute atomic E-state index is 11.8. The lowest BCUT2D eigenvalue weighted by Crippen LogP contribution is -2.16. The Kier molecular flexibility index (Phi) is 4.58. The van der Waals surface area contributed by atoms with Gasteiger partial charge >= 0.3 is 5.97 Å². The third-order valence-corrected chi connectivity index (χ3v) is 2.75. The molecule has 1 aromatic rings. The van der Waals surface area contributed by atoms with Crippen molar-refractivity contribution in [3.05, 3.63) is 41.0 Å². The molecule has 1 aromatic carbocycles. The first-order valence-electron chi connectivity index (χ1n) is 5.66. The van der Waals surface area contributed by atoms with E-state index in [0.29, 0.717) is 11.3 Å². The van der Waals surface area contributed by atoms with Gasteiger partial charge in [0.25, 0.3) is 5.91 Å². The number of carbonyl (C=O) groups excluding carboxylic acids is 2. The van der Waals surface area contributed by atoms with E-state index >= 15 is 0 Å². The minimum Gasteiger partial charge on any atom is -0.478 e. The fourth-order valence-corrected chi connectivity index (χ4v) is 1.37. The standard InChI is InChI=1S/C14H15NO4/c1-8(9(2)14(18)19)13(17)15-12-6-4-5-11(7-12)10(3)16/h4-7H,1-3H3,(H,15,17)(H,18,19)/b9-8-. The number of carboxylic acid groups (broad SMARTS) is 1. The number of aliphatic carboxylic acids is 1. The maximum Gasteiger partial charge on any atom is 0.331 e. The Balaban J connectivity index is 2.95. The molecule has 5 nitrogen and oxygen atoms in total. The Bertz CT molecular complexity index is 573. The minimum atomic E-state index is -1.13. The van der Waals surface area contributed by atoms with E-state index in [4.69, 9.17) is 5.11 Å². The van der Waals surface area contributed by atoms with Crippen molar-refractivity contribution in [3.63, 3.8) is 0 Å². The molecule has 19 heavy (non-hydrogen) atoms. The van der Waals surface area contributed by atoms with Crippen molar-refractivity contribution >= 4 is 23.3 Å². The first-order valence-corrected chi connectivity index (χ1v) is 5.66. The molecule has 100 valence electrons. The molecule has 1 rings (SSSR count). The molecule has 0 saturated heterocycles. The van der Waals surface area contributed by atoms with E-state index in [1.165, 1.54) is 20.8 Å². The molecular formula is C14H15NO4. The number of amides is 1. The normalized spacial score (nSPS) is 11.5. The van der Waals surface area contributed by atoms with Gasteiger partial charge in [0, 0.05) is 22.4 Å². The van der Waals surface area contributed by atoms with Gasteiger partial charge in [-0.25, -0.2) is 4.79 Å². The summed E-state index contributed by atoms with van der Waals surface area (Å²) in [5, 5.41) is 11.4. The van der Waals surface area contributed by atoms with E-state index in [1.807, 2.05) is 0 Å². The summed E-state index contributed by atoms with van der Waals surface area (Å²) < 4.78 is 0. The highest BCUT2D eigenvalue weighted by Crippen LogP contribution is 2.13. The molecule has 0 unspecified atom stereocenters. The summed E-state index contributed by atoms with van der Waals surface area (Å²) in [6, 6.07) is 6.47. The van der Waals surface area contributed by atoms with Crippen LogP contribution >= 0.6 is 0 Å². The number of carbonyl (C=O) groups is 3. The maximum atomic E-state index is 11.8. The largest absolute Gasteiger partial charge is 0.478 e. The average Bonchev–Trinajstić information content (AvgIpc) is 2.37. The molecule has 0 bridgehead atoms. The van der Waals surface area contributed by atoms with E-state index in [0.717, 1.165) is 0 Å². The van der Waals surface area contributed by atoms with Gasteiger partial charge in [0.15, 0.2) is 5.78 Å². The zero-order chi connectivity index (χ0) is 14.6. The summed E-state index contributed by atoms with van der Waals surface area (Å²) in [7, 11) is 0. The number of nitrogens with one attached hydrogen (secondary N) is 1. The van der Waals surface area contributed by atoms with Crippen LogP contribution in [0.2, 0.25) is 0 Å². The van der Waals surface area contributed by atoms with E-state index in [1.54, 1.807) is 24.3 Å². The topological polar surface area (TPSA) is 83.5 Å². The number of ketones is 1. The van der Waals surface area contributed by atoms with Gasteiger partial charge in [-0.15, -0.1) is 0 Å². The Morgan fingerprint density at radius 3 is 2.21 bits per heavy atom.